The second kappa shape index (κ2) is 7.47. The zero-order valence-electron chi connectivity index (χ0n) is 13.7. The standard InChI is InChI=1S/C22H18ClNS/c23-19-13-11-18(12-14-19)22-24-20(16-7-3-1-4-8-16)15-21(25-22)17-9-5-2-6-10-17/h1-14,20-21H,15H2/t20-,21+/m0/s1. The Labute approximate surface area is 157 Å². The zero-order chi connectivity index (χ0) is 17.1. The van der Waals surface area contributed by atoms with Crippen molar-refractivity contribution in [2.45, 2.75) is 17.7 Å². The van der Waals surface area contributed by atoms with E-state index < -0.39 is 0 Å². The van der Waals surface area contributed by atoms with Crippen LogP contribution in [0.5, 0.6) is 0 Å². The molecule has 0 aromatic heterocycles. The van der Waals surface area contributed by atoms with Crippen molar-refractivity contribution < 1.29 is 0 Å². The number of aliphatic imine (C=N–C) groups is 1. The molecule has 1 nitrogen and oxygen atoms in total. The fourth-order valence-corrected chi connectivity index (χ4v) is 4.53. The van der Waals surface area contributed by atoms with Crippen molar-refractivity contribution >= 4 is 28.4 Å². The van der Waals surface area contributed by atoms with Crippen LogP contribution in [0.3, 0.4) is 0 Å². The van der Waals surface area contributed by atoms with Crippen molar-refractivity contribution in [3.8, 4) is 0 Å². The molecule has 1 aliphatic rings. The molecule has 3 aromatic rings. The van der Waals surface area contributed by atoms with Gasteiger partial charge >= 0.3 is 0 Å². The number of hydrogen-bond acceptors (Lipinski definition) is 2. The Morgan fingerprint density at radius 3 is 2.00 bits per heavy atom. The lowest BCUT2D eigenvalue weighted by molar-refractivity contribution is 0.641. The van der Waals surface area contributed by atoms with Gasteiger partial charge in [-0.05, 0) is 29.7 Å². The number of benzene rings is 3. The fraction of sp³-hybridized carbons (Fsp3) is 0.136. The number of rotatable bonds is 3. The van der Waals surface area contributed by atoms with E-state index in [1.807, 2.05) is 23.9 Å². The van der Waals surface area contributed by atoms with Crippen molar-refractivity contribution in [3.63, 3.8) is 0 Å². The molecule has 0 saturated carbocycles. The summed E-state index contributed by atoms with van der Waals surface area (Å²) in [5.74, 6) is 0. The van der Waals surface area contributed by atoms with Gasteiger partial charge < -0.3 is 0 Å². The Morgan fingerprint density at radius 2 is 1.36 bits per heavy atom. The lowest BCUT2D eigenvalue weighted by Crippen LogP contribution is -2.13. The minimum absolute atomic E-state index is 0.179. The highest BCUT2D eigenvalue weighted by Crippen LogP contribution is 2.45. The van der Waals surface area contributed by atoms with Gasteiger partial charge in [-0.15, -0.1) is 0 Å². The molecule has 0 amide bonds. The normalized spacial score (nSPS) is 20.1. The molecule has 0 spiro atoms. The summed E-state index contributed by atoms with van der Waals surface area (Å²) >= 11 is 7.90. The SMILES string of the molecule is Clc1ccc(C2=N[C@H](c3ccccc3)C[C@H](c3ccccc3)S2)cc1. The molecule has 3 aromatic carbocycles. The van der Waals surface area contributed by atoms with Crippen molar-refractivity contribution in [2.24, 2.45) is 4.99 Å². The van der Waals surface area contributed by atoms with Crippen molar-refractivity contribution in [1.29, 1.82) is 0 Å². The van der Waals surface area contributed by atoms with Gasteiger partial charge in [0.25, 0.3) is 0 Å². The van der Waals surface area contributed by atoms with Gasteiger partial charge in [-0.3, -0.25) is 4.99 Å². The summed E-state index contributed by atoms with van der Waals surface area (Å²) in [5, 5.41) is 2.24. The Kier molecular flexibility index (Phi) is 4.91. The van der Waals surface area contributed by atoms with Crippen LogP contribution in [-0.2, 0) is 0 Å². The largest absolute Gasteiger partial charge is 0.270 e. The van der Waals surface area contributed by atoms with Crippen LogP contribution in [0.4, 0.5) is 0 Å². The lowest BCUT2D eigenvalue weighted by Gasteiger charge is -2.28. The second-order valence-corrected chi connectivity index (χ2v) is 7.75. The maximum Gasteiger partial charge on any atom is 0.0990 e. The summed E-state index contributed by atoms with van der Waals surface area (Å²) in [5.41, 5.74) is 3.76. The summed E-state index contributed by atoms with van der Waals surface area (Å²) in [6, 6.07) is 29.5. The third-order valence-corrected chi connectivity index (χ3v) is 5.98. The average molecular weight is 364 g/mol. The number of halogens is 1. The molecule has 0 unspecified atom stereocenters. The van der Waals surface area contributed by atoms with Gasteiger partial charge in [0, 0.05) is 15.8 Å². The first kappa shape index (κ1) is 16.4. The van der Waals surface area contributed by atoms with Crippen LogP contribution in [-0.4, -0.2) is 5.04 Å². The highest BCUT2D eigenvalue weighted by atomic mass is 35.5. The Hall–Kier alpha value is -2.03. The van der Waals surface area contributed by atoms with E-state index in [2.05, 4.69) is 72.8 Å². The molecular weight excluding hydrogens is 346 g/mol. The van der Waals surface area contributed by atoms with Gasteiger partial charge in [0.15, 0.2) is 0 Å². The minimum Gasteiger partial charge on any atom is -0.270 e. The number of nitrogens with zero attached hydrogens (tertiary/aromatic N) is 1. The van der Waals surface area contributed by atoms with E-state index in [1.165, 1.54) is 11.1 Å². The monoisotopic (exact) mass is 363 g/mol. The molecule has 0 aliphatic carbocycles. The molecule has 4 rings (SSSR count). The molecule has 124 valence electrons. The predicted octanol–water partition coefficient (Wildman–Crippen LogP) is 6.71. The highest BCUT2D eigenvalue weighted by Gasteiger charge is 2.27. The van der Waals surface area contributed by atoms with Crippen LogP contribution in [0.25, 0.3) is 0 Å². The summed E-state index contributed by atoms with van der Waals surface area (Å²) in [6.45, 7) is 0. The third-order valence-electron chi connectivity index (χ3n) is 4.41. The Morgan fingerprint density at radius 1 is 0.760 bits per heavy atom. The van der Waals surface area contributed by atoms with Gasteiger partial charge in [0.2, 0.25) is 0 Å². The van der Waals surface area contributed by atoms with Crippen molar-refractivity contribution in [3.05, 3.63) is 107 Å². The molecule has 0 saturated heterocycles. The van der Waals surface area contributed by atoms with Gasteiger partial charge in [-0.1, -0.05) is 96.2 Å². The van der Waals surface area contributed by atoms with E-state index in [-0.39, 0.29) is 6.04 Å². The van der Waals surface area contributed by atoms with Gasteiger partial charge in [0.1, 0.15) is 0 Å². The molecule has 0 N–H and O–H groups in total. The minimum atomic E-state index is 0.179. The van der Waals surface area contributed by atoms with Crippen LogP contribution in [0.1, 0.15) is 34.4 Å². The first-order valence-corrected chi connectivity index (χ1v) is 9.65. The first-order chi connectivity index (χ1) is 12.3. The van der Waals surface area contributed by atoms with E-state index in [1.54, 1.807) is 0 Å². The highest BCUT2D eigenvalue weighted by molar-refractivity contribution is 8.14. The second-order valence-electron chi connectivity index (χ2n) is 6.12. The zero-order valence-corrected chi connectivity index (χ0v) is 15.3. The van der Waals surface area contributed by atoms with Crippen molar-refractivity contribution in [1.82, 2.24) is 0 Å². The Bertz CT molecular complexity index is 860. The average Bonchev–Trinajstić information content (AvgIpc) is 2.69. The molecule has 1 aliphatic heterocycles. The predicted molar refractivity (Wildman–Crippen MR) is 109 cm³/mol. The van der Waals surface area contributed by atoms with Crippen LogP contribution in [0, 0.1) is 0 Å². The van der Waals surface area contributed by atoms with E-state index in [0.717, 1.165) is 22.1 Å². The molecular formula is C22H18ClNS. The topological polar surface area (TPSA) is 12.4 Å². The van der Waals surface area contributed by atoms with Gasteiger partial charge in [-0.2, -0.15) is 0 Å². The van der Waals surface area contributed by atoms with Gasteiger partial charge in [0.05, 0.1) is 11.1 Å². The summed E-state index contributed by atoms with van der Waals surface area (Å²) in [4.78, 5) is 5.06. The summed E-state index contributed by atoms with van der Waals surface area (Å²) in [7, 11) is 0. The van der Waals surface area contributed by atoms with Crippen LogP contribution >= 0.6 is 23.4 Å². The third kappa shape index (κ3) is 3.81. The van der Waals surface area contributed by atoms with Crippen LogP contribution in [0.2, 0.25) is 5.02 Å². The fourth-order valence-electron chi connectivity index (χ4n) is 3.10. The van der Waals surface area contributed by atoms with E-state index >= 15 is 0 Å². The van der Waals surface area contributed by atoms with E-state index in [9.17, 15) is 0 Å². The summed E-state index contributed by atoms with van der Waals surface area (Å²) < 4.78 is 0. The quantitative estimate of drug-likeness (QED) is 0.504. The first-order valence-electron chi connectivity index (χ1n) is 8.40. The maximum atomic E-state index is 6.05. The number of hydrogen-bond donors (Lipinski definition) is 0. The van der Waals surface area contributed by atoms with E-state index in [4.69, 9.17) is 16.6 Å². The smallest absolute Gasteiger partial charge is 0.0990 e. The van der Waals surface area contributed by atoms with Crippen LogP contribution < -0.4 is 0 Å². The summed E-state index contributed by atoms with van der Waals surface area (Å²) in [6.07, 6.45) is 1.01. The molecule has 0 fully saturated rings. The molecule has 0 bridgehead atoms. The number of thioether (sulfide) groups is 1. The molecule has 3 heteroatoms. The lowest BCUT2D eigenvalue weighted by atomic mass is 9.98. The van der Waals surface area contributed by atoms with Gasteiger partial charge in [-0.25, -0.2) is 0 Å². The maximum absolute atomic E-state index is 6.05. The Balaban J connectivity index is 1.73. The molecule has 2 atom stereocenters. The van der Waals surface area contributed by atoms with Crippen molar-refractivity contribution in [2.75, 3.05) is 0 Å². The molecule has 1 heterocycles. The van der Waals surface area contributed by atoms with Crippen LogP contribution in [0.15, 0.2) is 89.9 Å². The van der Waals surface area contributed by atoms with E-state index in [0.29, 0.717) is 5.25 Å². The molecule has 25 heavy (non-hydrogen) atoms. The molecule has 0 radical (unpaired) electrons.